The fourth-order valence-electron chi connectivity index (χ4n) is 5.28. The van der Waals surface area contributed by atoms with E-state index in [-0.39, 0.29) is 22.4 Å². The highest BCUT2D eigenvalue weighted by molar-refractivity contribution is 6.98. The van der Waals surface area contributed by atoms with Crippen LogP contribution in [0.5, 0.6) is 0 Å². The van der Waals surface area contributed by atoms with Gasteiger partial charge in [-0.25, -0.2) is 9.37 Å². The SMILES string of the molecule is [2H]C1([2H])N(c2ccc3c(c2)[Si](C)(C)C2=CC(=[N+]4C([2H])([2H])C([2H])([2H])C4([2H])[2H])C=CC2=C3c2cc(C(C)(C)C)ccc2C(=O)O)C([2H])([2H])C1([2H])[2H]. The molecule has 2 aromatic carbocycles. The number of benzene rings is 2. The van der Waals surface area contributed by atoms with E-state index in [1.54, 1.807) is 36.4 Å². The van der Waals surface area contributed by atoms with Crippen molar-refractivity contribution in [3.63, 3.8) is 0 Å². The Labute approximate surface area is 238 Å². The molecule has 4 nitrogen and oxygen atoms in total. The van der Waals surface area contributed by atoms with Crippen LogP contribution < -0.4 is 10.1 Å². The molecule has 0 saturated carbocycles. The molecule has 0 radical (unpaired) electrons. The monoisotopic (exact) mass is 521 g/mol. The van der Waals surface area contributed by atoms with Crippen molar-refractivity contribution in [2.24, 2.45) is 0 Å². The molecule has 3 heterocycles. The zero-order chi connectivity index (χ0) is 36.9. The standard InChI is InChI=1S/C32H36N2O2Si/c1-32(2,3)21-8-11-24(31(35)36)27(18-21)30-25-12-9-22(33-14-6-15-33)19-28(25)37(4,5)29-20-23(10-13-26(29)30)34-16-7-17-34/h8-13,18-20H,6-7,14-17H2,1-5H3/p+1/i6D2,7D2,14D2,15D2,16D2,17D2. The lowest BCUT2D eigenvalue weighted by molar-refractivity contribution is -0.582. The number of fused-ring (bicyclic) bond motifs is 2. The molecule has 4 aliphatic rings. The van der Waals surface area contributed by atoms with Crippen molar-refractivity contribution in [1.29, 1.82) is 0 Å². The molecular formula is C32H37N2O2Si+. The summed E-state index contributed by atoms with van der Waals surface area (Å²) in [5.41, 5.74) is 2.86. The summed E-state index contributed by atoms with van der Waals surface area (Å²) in [6, 6.07) is 9.93. The lowest BCUT2D eigenvalue weighted by Gasteiger charge is -2.40. The smallest absolute Gasteiger partial charge is 0.336 e. The molecule has 0 aromatic heterocycles. The average molecular weight is 522 g/mol. The van der Waals surface area contributed by atoms with E-state index >= 15 is 0 Å². The van der Waals surface area contributed by atoms with Crippen molar-refractivity contribution in [2.45, 2.75) is 52.0 Å². The summed E-state index contributed by atoms with van der Waals surface area (Å²) >= 11 is 0. The second kappa shape index (κ2) is 8.42. The van der Waals surface area contributed by atoms with Crippen LogP contribution in [0.15, 0.2) is 65.4 Å². The lowest BCUT2D eigenvalue weighted by atomic mass is 9.81. The van der Waals surface area contributed by atoms with E-state index in [0.717, 1.165) is 15.0 Å². The van der Waals surface area contributed by atoms with Crippen LogP contribution in [0.2, 0.25) is 13.1 Å². The maximum Gasteiger partial charge on any atom is 0.336 e. The van der Waals surface area contributed by atoms with Gasteiger partial charge in [0.05, 0.1) is 11.9 Å². The summed E-state index contributed by atoms with van der Waals surface area (Å²) in [6.07, 6.45) is -0.816. The second-order valence-electron chi connectivity index (χ2n) is 11.1. The lowest BCUT2D eigenvalue weighted by Crippen LogP contribution is -2.50. The summed E-state index contributed by atoms with van der Waals surface area (Å²) < 4.78 is 101. The van der Waals surface area contributed by atoms with Gasteiger partial charge in [-0.3, -0.25) is 0 Å². The number of anilines is 1. The summed E-state index contributed by atoms with van der Waals surface area (Å²) in [4.78, 5) is 13.5. The zero-order valence-electron chi connectivity index (χ0n) is 33.4. The first-order chi connectivity index (χ1) is 22.1. The molecule has 2 fully saturated rings. The molecule has 5 heteroatoms. The van der Waals surface area contributed by atoms with Crippen LogP contribution in [-0.4, -0.2) is 55.4 Å². The molecule has 0 unspecified atom stereocenters. The Balaban J connectivity index is 1.69. The number of nitrogens with zero attached hydrogens (tertiary/aromatic N) is 2. The van der Waals surface area contributed by atoms with E-state index in [1.165, 1.54) is 12.1 Å². The average Bonchev–Trinajstić information content (AvgIpc) is 2.96. The molecule has 3 aliphatic heterocycles. The van der Waals surface area contributed by atoms with E-state index in [1.807, 2.05) is 39.9 Å². The number of hydrogen-bond acceptors (Lipinski definition) is 2. The minimum absolute atomic E-state index is 0.0154. The number of aromatic carboxylic acids is 1. The van der Waals surface area contributed by atoms with Gasteiger partial charge >= 0.3 is 5.97 Å². The van der Waals surface area contributed by atoms with E-state index in [2.05, 4.69) is 0 Å². The van der Waals surface area contributed by atoms with Crippen molar-refractivity contribution >= 4 is 36.2 Å². The topological polar surface area (TPSA) is 43.5 Å². The Hall–Kier alpha value is -3.18. The van der Waals surface area contributed by atoms with Crippen molar-refractivity contribution in [3.8, 4) is 0 Å². The number of hydrogen-bond donors (Lipinski definition) is 1. The number of carbonyl (C=O) groups is 1. The third-order valence-electron chi connectivity index (χ3n) is 7.46. The Bertz CT molecular complexity index is 1950. The van der Waals surface area contributed by atoms with Crippen molar-refractivity contribution in [1.82, 2.24) is 0 Å². The Kier molecular flexibility index (Phi) is 3.21. The van der Waals surface area contributed by atoms with Gasteiger partial charge in [0.2, 0.25) is 0 Å². The van der Waals surface area contributed by atoms with Crippen LogP contribution in [0.4, 0.5) is 5.69 Å². The number of carboxylic acid groups (broad SMARTS) is 1. The molecule has 2 aromatic rings. The fraction of sp³-hybridized carbons (Fsp3) is 0.375. The third-order valence-corrected chi connectivity index (χ3v) is 11.0. The van der Waals surface area contributed by atoms with Crippen LogP contribution >= 0.6 is 0 Å². The van der Waals surface area contributed by atoms with E-state index in [4.69, 9.17) is 16.4 Å². The largest absolute Gasteiger partial charge is 0.478 e. The highest BCUT2D eigenvalue weighted by Gasteiger charge is 2.42. The zero-order valence-corrected chi connectivity index (χ0v) is 22.4. The number of allylic oxidation sites excluding steroid dienone is 5. The maximum absolute atomic E-state index is 12.7. The van der Waals surface area contributed by atoms with Gasteiger partial charge in [-0.05, 0) is 80.3 Å². The van der Waals surface area contributed by atoms with Crippen molar-refractivity contribution in [2.75, 3.05) is 30.9 Å². The molecule has 0 amide bonds. The third kappa shape index (κ3) is 3.86. The second-order valence-corrected chi connectivity index (χ2v) is 15.5. The number of carboxylic acids is 1. The summed E-state index contributed by atoms with van der Waals surface area (Å²) in [7, 11) is -2.99. The Morgan fingerprint density at radius 3 is 2.49 bits per heavy atom. The Morgan fingerprint density at radius 1 is 1.03 bits per heavy atom. The summed E-state index contributed by atoms with van der Waals surface area (Å²) in [5, 5.41) is 11.7. The van der Waals surface area contributed by atoms with Crippen LogP contribution in [0.3, 0.4) is 0 Å². The molecule has 6 rings (SSSR count). The quantitative estimate of drug-likeness (QED) is 0.428. The molecule has 190 valence electrons. The maximum atomic E-state index is 12.7. The fourth-order valence-corrected chi connectivity index (χ4v) is 8.35. The molecule has 0 spiro atoms. The van der Waals surface area contributed by atoms with E-state index in [0.29, 0.717) is 32.7 Å². The minimum atomic E-state index is -2.99. The first kappa shape index (κ1) is 14.1. The van der Waals surface area contributed by atoms with Crippen molar-refractivity contribution < 1.29 is 30.9 Å². The Morgan fingerprint density at radius 2 is 1.78 bits per heavy atom. The molecule has 1 aliphatic carbocycles. The molecule has 0 bridgehead atoms. The van der Waals surface area contributed by atoms with Gasteiger partial charge in [0.25, 0.3) is 0 Å². The van der Waals surface area contributed by atoms with Crippen LogP contribution in [-0.2, 0) is 5.41 Å². The summed E-state index contributed by atoms with van der Waals surface area (Å²) in [5.74, 6) is -1.17. The highest BCUT2D eigenvalue weighted by atomic mass is 28.3. The molecule has 1 N–H and O–H groups in total. The van der Waals surface area contributed by atoms with Gasteiger partial charge in [0.1, 0.15) is 26.6 Å². The molecular weight excluding hydrogens is 472 g/mol. The summed E-state index contributed by atoms with van der Waals surface area (Å²) in [6.45, 7) is -0.822. The van der Waals surface area contributed by atoms with Crippen LogP contribution in [0, 0.1) is 0 Å². The van der Waals surface area contributed by atoms with E-state index in [9.17, 15) is 9.90 Å². The van der Waals surface area contributed by atoms with E-state index < -0.39 is 52.8 Å². The predicted molar refractivity (Wildman–Crippen MR) is 155 cm³/mol. The van der Waals surface area contributed by atoms with Gasteiger partial charge in [-0.15, -0.1) is 0 Å². The van der Waals surface area contributed by atoms with Crippen LogP contribution in [0.25, 0.3) is 5.57 Å². The first-order valence-electron chi connectivity index (χ1n) is 18.2. The first-order valence-corrected chi connectivity index (χ1v) is 15.2. The van der Waals surface area contributed by atoms with Gasteiger partial charge in [0.15, 0.2) is 5.71 Å². The van der Waals surface area contributed by atoms with Gasteiger partial charge in [0, 0.05) is 41.8 Å². The van der Waals surface area contributed by atoms with Gasteiger partial charge in [-0.2, -0.15) is 0 Å². The van der Waals surface area contributed by atoms with Gasteiger partial charge < -0.3 is 10.0 Å². The highest BCUT2D eigenvalue weighted by Crippen LogP contribution is 2.44. The molecule has 2 saturated heterocycles. The van der Waals surface area contributed by atoms with Crippen LogP contribution in [0.1, 0.15) is 77.0 Å². The molecule has 0 atom stereocenters. The predicted octanol–water partition coefficient (Wildman–Crippen LogP) is 5.52. The normalized spacial score (nSPS) is 33.1. The molecule has 37 heavy (non-hydrogen) atoms. The van der Waals surface area contributed by atoms with Crippen molar-refractivity contribution in [3.05, 3.63) is 87.6 Å². The number of rotatable bonds is 3. The minimum Gasteiger partial charge on any atom is -0.478 e. The van der Waals surface area contributed by atoms with Gasteiger partial charge in [-0.1, -0.05) is 46.0 Å².